The number of hydrogen-bond acceptors (Lipinski definition) is 5. The van der Waals surface area contributed by atoms with E-state index in [-0.39, 0.29) is 19.3 Å². The lowest BCUT2D eigenvalue weighted by atomic mass is 10.3. The van der Waals surface area contributed by atoms with Gasteiger partial charge in [0.2, 0.25) is 0 Å². The van der Waals surface area contributed by atoms with E-state index in [1.54, 1.807) is 13.8 Å². The van der Waals surface area contributed by atoms with E-state index < -0.39 is 12.2 Å². The Morgan fingerprint density at radius 2 is 1.60 bits per heavy atom. The highest BCUT2D eigenvalue weighted by Crippen LogP contribution is 1.90. The summed E-state index contributed by atoms with van der Waals surface area (Å²) < 4.78 is 4.95. The summed E-state index contributed by atoms with van der Waals surface area (Å²) in [5.74, 6) is 0. The van der Waals surface area contributed by atoms with Crippen molar-refractivity contribution in [3.05, 3.63) is 0 Å². The summed E-state index contributed by atoms with van der Waals surface area (Å²) >= 11 is 0. The molecule has 0 aromatic rings. The molecule has 0 aromatic heterocycles. The standard InChI is InChI=1S/C6H14O3.C4H10O2/c1-5(8)4-9-6(2)3-7;1-2-4(6)3-5/h5-8H,3-4H2,1-2H3;4-6H,2-3H2,1H3. The Kier molecular flexibility index (Phi) is 13.6. The highest BCUT2D eigenvalue weighted by molar-refractivity contribution is 4.47. The van der Waals surface area contributed by atoms with Crippen LogP contribution >= 0.6 is 0 Å². The Hall–Kier alpha value is -0.200. The molecule has 0 aliphatic rings. The molecule has 94 valence electrons. The van der Waals surface area contributed by atoms with Crippen molar-refractivity contribution in [2.24, 2.45) is 0 Å². The molecule has 0 amide bonds. The van der Waals surface area contributed by atoms with E-state index >= 15 is 0 Å². The van der Waals surface area contributed by atoms with Crippen LogP contribution in [0.2, 0.25) is 0 Å². The van der Waals surface area contributed by atoms with Crippen molar-refractivity contribution in [3.63, 3.8) is 0 Å². The molecule has 5 nitrogen and oxygen atoms in total. The van der Waals surface area contributed by atoms with Gasteiger partial charge in [0.15, 0.2) is 0 Å². The summed E-state index contributed by atoms with van der Waals surface area (Å²) in [5, 5.41) is 33.6. The first-order valence-corrected chi connectivity index (χ1v) is 5.17. The summed E-state index contributed by atoms with van der Waals surface area (Å²) in [6.45, 7) is 5.40. The zero-order chi connectivity index (χ0) is 12.3. The SMILES string of the molecule is CC(O)COC(C)CO.CCC(O)CO. The molecule has 0 radical (unpaired) electrons. The molecular weight excluding hydrogens is 200 g/mol. The summed E-state index contributed by atoms with van der Waals surface area (Å²) in [4.78, 5) is 0. The maximum absolute atomic E-state index is 8.69. The highest BCUT2D eigenvalue weighted by Gasteiger charge is 2.00. The van der Waals surface area contributed by atoms with E-state index in [4.69, 9.17) is 25.2 Å². The van der Waals surface area contributed by atoms with Crippen LogP contribution in [0.4, 0.5) is 0 Å². The van der Waals surface area contributed by atoms with Crippen LogP contribution in [0.3, 0.4) is 0 Å². The third kappa shape index (κ3) is 16.5. The van der Waals surface area contributed by atoms with Gasteiger partial charge < -0.3 is 25.2 Å². The topological polar surface area (TPSA) is 90.2 Å². The van der Waals surface area contributed by atoms with Gasteiger partial charge in [0.1, 0.15) is 0 Å². The first-order valence-electron chi connectivity index (χ1n) is 5.17. The van der Waals surface area contributed by atoms with Gasteiger partial charge in [0, 0.05) is 0 Å². The average Bonchev–Trinajstić information content (AvgIpc) is 2.25. The van der Waals surface area contributed by atoms with E-state index in [9.17, 15) is 0 Å². The predicted octanol–water partition coefficient (Wildman–Crippen LogP) is -0.486. The molecule has 0 fully saturated rings. The molecule has 3 unspecified atom stereocenters. The van der Waals surface area contributed by atoms with Crippen LogP contribution in [0.25, 0.3) is 0 Å². The summed E-state index contributed by atoms with van der Waals surface area (Å²) in [7, 11) is 0. The van der Waals surface area contributed by atoms with Gasteiger partial charge in [-0.25, -0.2) is 0 Å². The summed E-state index contributed by atoms with van der Waals surface area (Å²) in [6.07, 6.45) is -0.486. The van der Waals surface area contributed by atoms with E-state index in [1.807, 2.05) is 6.92 Å². The fourth-order valence-electron chi connectivity index (χ4n) is 0.485. The lowest BCUT2D eigenvalue weighted by Crippen LogP contribution is -2.19. The van der Waals surface area contributed by atoms with Crippen LogP contribution in [-0.4, -0.2) is 58.6 Å². The maximum Gasteiger partial charge on any atom is 0.0779 e. The molecule has 0 bridgehead atoms. The molecule has 0 aliphatic carbocycles. The van der Waals surface area contributed by atoms with E-state index in [2.05, 4.69) is 0 Å². The van der Waals surface area contributed by atoms with Crippen molar-refractivity contribution in [2.75, 3.05) is 19.8 Å². The molecule has 4 N–H and O–H groups in total. The lowest BCUT2D eigenvalue weighted by Gasteiger charge is -2.10. The fraction of sp³-hybridized carbons (Fsp3) is 1.00. The van der Waals surface area contributed by atoms with Gasteiger partial charge in [-0.1, -0.05) is 6.92 Å². The van der Waals surface area contributed by atoms with Crippen LogP contribution in [0, 0.1) is 0 Å². The quantitative estimate of drug-likeness (QED) is 0.489. The normalized spacial score (nSPS) is 16.2. The van der Waals surface area contributed by atoms with Crippen molar-refractivity contribution in [1.29, 1.82) is 0 Å². The van der Waals surface area contributed by atoms with E-state index in [0.29, 0.717) is 13.0 Å². The zero-order valence-corrected chi connectivity index (χ0v) is 9.76. The molecule has 0 saturated carbocycles. The molecular formula is C10H24O5. The van der Waals surface area contributed by atoms with Gasteiger partial charge in [-0.2, -0.15) is 0 Å². The highest BCUT2D eigenvalue weighted by atomic mass is 16.5. The number of ether oxygens (including phenoxy) is 1. The Bertz CT molecular complexity index is 114. The third-order valence-corrected chi connectivity index (χ3v) is 1.56. The average molecular weight is 224 g/mol. The van der Waals surface area contributed by atoms with Crippen LogP contribution in [0.15, 0.2) is 0 Å². The van der Waals surface area contributed by atoms with Crippen molar-refractivity contribution >= 4 is 0 Å². The van der Waals surface area contributed by atoms with Crippen molar-refractivity contribution < 1.29 is 25.2 Å². The molecule has 5 heteroatoms. The number of aliphatic hydroxyl groups excluding tert-OH is 4. The lowest BCUT2D eigenvalue weighted by molar-refractivity contribution is -0.0177. The molecule has 15 heavy (non-hydrogen) atoms. The van der Waals surface area contributed by atoms with Gasteiger partial charge in [-0.3, -0.25) is 0 Å². The molecule has 0 saturated heterocycles. The van der Waals surface area contributed by atoms with Gasteiger partial charge in [0.25, 0.3) is 0 Å². The smallest absolute Gasteiger partial charge is 0.0779 e. The number of rotatable bonds is 6. The van der Waals surface area contributed by atoms with Crippen LogP contribution < -0.4 is 0 Å². The fourth-order valence-corrected chi connectivity index (χ4v) is 0.485. The van der Waals surface area contributed by atoms with Crippen LogP contribution in [0.5, 0.6) is 0 Å². The van der Waals surface area contributed by atoms with Crippen LogP contribution in [-0.2, 0) is 4.74 Å². The summed E-state index contributed by atoms with van der Waals surface area (Å²) in [6, 6.07) is 0. The molecule has 0 aromatic carbocycles. The summed E-state index contributed by atoms with van der Waals surface area (Å²) in [5.41, 5.74) is 0. The minimum atomic E-state index is -0.509. The predicted molar refractivity (Wildman–Crippen MR) is 57.6 cm³/mol. The Morgan fingerprint density at radius 1 is 1.07 bits per heavy atom. The Morgan fingerprint density at radius 3 is 1.80 bits per heavy atom. The van der Waals surface area contributed by atoms with Crippen molar-refractivity contribution in [2.45, 2.75) is 45.5 Å². The number of hydrogen-bond donors (Lipinski definition) is 4. The number of aliphatic hydroxyl groups is 4. The zero-order valence-electron chi connectivity index (χ0n) is 9.76. The first kappa shape index (κ1) is 17.2. The first-order chi connectivity index (χ1) is 6.97. The van der Waals surface area contributed by atoms with Gasteiger partial charge in [-0.15, -0.1) is 0 Å². The Labute approximate surface area is 91.3 Å². The largest absolute Gasteiger partial charge is 0.394 e. The second-order valence-electron chi connectivity index (χ2n) is 3.42. The van der Waals surface area contributed by atoms with Crippen molar-refractivity contribution in [1.82, 2.24) is 0 Å². The van der Waals surface area contributed by atoms with E-state index in [0.717, 1.165) is 0 Å². The molecule has 0 heterocycles. The molecule has 0 spiro atoms. The second-order valence-corrected chi connectivity index (χ2v) is 3.42. The van der Waals surface area contributed by atoms with Gasteiger partial charge in [0.05, 0.1) is 38.1 Å². The third-order valence-electron chi connectivity index (χ3n) is 1.56. The molecule has 0 rings (SSSR count). The van der Waals surface area contributed by atoms with Crippen LogP contribution in [0.1, 0.15) is 27.2 Å². The Balaban J connectivity index is 0. The minimum absolute atomic E-state index is 0.00667. The van der Waals surface area contributed by atoms with Gasteiger partial charge in [-0.05, 0) is 20.3 Å². The molecule has 3 atom stereocenters. The monoisotopic (exact) mass is 224 g/mol. The van der Waals surface area contributed by atoms with E-state index in [1.165, 1.54) is 0 Å². The second kappa shape index (κ2) is 11.9. The van der Waals surface area contributed by atoms with Crippen molar-refractivity contribution in [3.8, 4) is 0 Å². The van der Waals surface area contributed by atoms with Gasteiger partial charge >= 0.3 is 0 Å². The maximum atomic E-state index is 8.69. The molecule has 0 aliphatic heterocycles. The minimum Gasteiger partial charge on any atom is -0.394 e.